The van der Waals surface area contributed by atoms with E-state index in [1.807, 2.05) is 84.9 Å². The second kappa shape index (κ2) is 19.1. The molecule has 0 aliphatic rings. The van der Waals surface area contributed by atoms with E-state index < -0.39 is 40.5 Å². The van der Waals surface area contributed by atoms with Crippen LogP contribution in [0.5, 0.6) is 23.0 Å². The van der Waals surface area contributed by atoms with E-state index in [0.29, 0.717) is 56.4 Å². The summed E-state index contributed by atoms with van der Waals surface area (Å²) >= 11 is 0. The average Bonchev–Trinajstić information content (AvgIpc) is 3.38. The van der Waals surface area contributed by atoms with E-state index in [1.54, 1.807) is 126 Å². The van der Waals surface area contributed by atoms with Crippen molar-refractivity contribution >= 4 is 33.4 Å². The summed E-state index contributed by atoms with van der Waals surface area (Å²) in [6.07, 6.45) is 0. The predicted octanol–water partition coefficient (Wildman–Crippen LogP) is 9.94. The summed E-state index contributed by atoms with van der Waals surface area (Å²) in [7, 11) is 6.26. The van der Waals surface area contributed by atoms with E-state index in [2.05, 4.69) is 10.6 Å². The number of amides is 2. The molecule has 0 aliphatic carbocycles. The molecule has 0 aromatic heterocycles. The van der Waals surface area contributed by atoms with Crippen LogP contribution in [0, 0.1) is 5.41 Å². The van der Waals surface area contributed by atoms with Gasteiger partial charge in [0, 0.05) is 0 Å². The lowest BCUT2D eigenvalue weighted by Crippen LogP contribution is -2.55. The molecule has 0 aliphatic heterocycles. The molecule has 0 unspecified atom stereocenters. The van der Waals surface area contributed by atoms with Crippen LogP contribution in [0.4, 0.5) is 0 Å². The monoisotopic (exact) mass is 894 g/mol. The number of rotatable bonds is 16. The van der Waals surface area contributed by atoms with Crippen LogP contribution in [0.2, 0.25) is 0 Å². The molecule has 0 bridgehead atoms. The van der Waals surface area contributed by atoms with Gasteiger partial charge in [-0.1, -0.05) is 121 Å². The van der Waals surface area contributed by atoms with Gasteiger partial charge in [-0.3, -0.25) is 9.59 Å². The Morgan fingerprint density at radius 2 is 0.672 bits per heavy atom. The SMILES string of the molecule is COc1ccc(C(O)(c2ccc(OC)cc2)[C@H](NC(=O)C(C)(C)C(=O)N[C@H](c2ccc3ccccc3c2)C(O)(c2ccc(OC)cc2)c2ccc(OC)cc2)c2ccc3ccccc3c2)cc1. The van der Waals surface area contributed by atoms with Crippen molar-refractivity contribution in [2.75, 3.05) is 28.4 Å². The number of carbonyl (C=O) groups is 2. The summed E-state index contributed by atoms with van der Waals surface area (Å²) in [4.78, 5) is 30.5. The van der Waals surface area contributed by atoms with Crippen LogP contribution >= 0.6 is 0 Å². The van der Waals surface area contributed by atoms with Crippen LogP contribution in [0.15, 0.2) is 182 Å². The third kappa shape index (κ3) is 8.89. The normalized spacial score (nSPS) is 12.8. The molecule has 2 amide bonds. The lowest BCUT2D eigenvalue weighted by atomic mass is 9.75. The Kier molecular flexibility index (Phi) is 13.0. The van der Waals surface area contributed by atoms with E-state index >= 15 is 9.59 Å². The molecule has 8 aromatic carbocycles. The maximum atomic E-state index is 15.3. The first-order valence-electron chi connectivity index (χ1n) is 22.0. The maximum absolute atomic E-state index is 15.3. The largest absolute Gasteiger partial charge is 0.497 e. The Morgan fingerprint density at radius 3 is 0.940 bits per heavy atom. The molecule has 10 nitrogen and oxygen atoms in total. The fourth-order valence-electron chi connectivity index (χ4n) is 8.74. The minimum Gasteiger partial charge on any atom is -0.497 e. The highest BCUT2D eigenvalue weighted by Gasteiger charge is 2.49. The van der Waals surface area contributed by atoms with Crippen molar-refractivity contribution in [3.8, 4) is 23.0 Å². The molecular formula is C57H54N2O8. The first kappa shape index (κ1) is 45.9. The van der Waals surface area contributed by atoms with Gasteiger partial charge < -0.3 is 39.8 Å². The van der Waals surface area contributed by atoms with Gasteiger partial charge in [0.25, 0.3) is 0 Å². The minimum atomic E-state index is -1.92. The van der Waals surface area contributed by atoms with Gasteiger partial charge in [0.15, 0.2) is 0 Å². The van der Waals surface area contributed by atoms with E-state index in [0.717, 1.165) is 21.5 Å². The van der Waals surface area contributed by atoms with Crippen molar-refractivity contribution in [1.82, 2.24) is 10.6 Å². The van der Waals surface area contributed by atoms with Crippen molar-refractivity contribution in [1.29, 1.82) is 0 Å². The zero-order chi connectivity index (χ0) is 47.3. The molecule has 0 saturated heterocycles. The molecule has 4 N–H and O–H groups in total. The molecule has 2 atom stereocenters. The van der Waals surface area contributed by atoms with Gasteiger partial charge in [-0.15, -0.1) is 0 Å². The predicted molar refractivity (Wildman–Crippen MR) is 261 cm³/mol. The molecule has 0 heterocycles. The van der Waals surface area contributed by atoms with Crippen LogP contribution in [0.3, 0.4) is 0 Å². The number of aliphatic hydroxyl groups is 2. The standard InChI is InChI=1S/C57H54N2O8/c1-55(2,53(60)58-51(41-17-15-37-11-7-9-13-39(37)35-41)56(62,43-19-27-47(64-3)28-20-43)44-21-29-48(65-4)30-22-44)54(61)59-52(42-18-16-38-12-8-10-14-40(38)36-42)57(63,45-23-31-49(66-5)32-24-45)46-25-33-50(67-6)34-26-46/h7-36,51-52,62-63H,1-6H3,(H,58,60)(H,59,61)/t51-,52-/m1/s1. The summed E-state index contributed by atoms with van der Waals surface area (Å²) in [5.74, 6) is 0.951. The number of fused-ring (bicyclic) bond motifs is 2. The van der Waals surface area contributed by atoms with Crippen molar-refractivity contribution < 1.29 is 38.7 Å². The fraction of sp³-hybridized carbons (Fsp3) is 0.193. The van der Waals surface area contributed by atoms with Crippen molar-refractivity contribution in [2.45, 2.75) is 37.1 Å². The molecule has 0 fully saturated rings. The average molecular weight is 895 g/mol. The summed E-state index contributed by atoms with van der Waals surface area (Å²) in [6, 6.07) is 52.9. The van der Waals surface area contributed by atoms with E-state index in [-0.39, 0.29) is 0 Å². The molecular weight excluding hydrogens is 841 g/mol. The molecule has 340 valence electrons. The Bertz CT molecular complexity index is 2710. The van der Waals surface area contributed by atoms with Gasteiger partial charge in [-0.25, -0.2) is 0 Å². The molecule has 67 heavy (non-hydrogen) atoms. The molecule has 0 saturated carbocycles. The third-order valence-electron chi connectivity index (χ3n) is 12.9. The van der Waals surface area contributed by atoms with Crippen molar-refractivity contribution in [3.63, 3.8) is 0 Å². The Morgan fingerprint density at radius 1 is 0.403 bits per heavy atom. The topological polar surface area (TPSA) is 136 Å². The second-order valence-corrected chi connectivity index (χ2v) is 17.1. The van der Waals surface area contributed by atoms with Gasteiger partial charge in [0.2, 0.25) is 11.8 Å². The van der Waals surface area contributed by atoms with E-state index in [1.165, 1.54) is 13.8 Å². The Balaban J connectivity index is 1.25. The summed E-state index contributed by atoms with van der Waals surface area (Å²) in [5.41, 5.74) is -2.65. The third-order valence-corrected chi connectivity index (χ3v) is 12.9. The minimum absolute atomic E-state index is 0.458. The highest BCUT2D eigenvalue weighted by atomic mass is 16.5. The lowest BCUT2D eigenvalue weighted by Gasteiger charge is -2.41. The van der Waals surface area contributed by atoms with Gasteiger partial charge >= 0.3 is 0 Å². The summed E-state index contributed by atoms with van der Waals surface area (Å²) < 4.78 is 22.0. The summed E-state index contributed by atoms with van der Waals surface area (Å²) in [5, 5.41) is 37.0. The lowest BCUT2D eigenvalue weighted by molar-refractivity contribution is -0.144. The van der Waals surface area contributed by atoms with Crippen LogP contribution in [-0.4, -0.2) is 50.5 Å². The van der Waals surface area contributed by atoms with E-state index in [4.69, 9.17) is 18.9 Å². The molecule has 10 heteroatoms. The smallest absolute Gasteiger partial charge is 0.235 e. The number of hydrogen-bond acceptors (Lipinski definition) is 8. The maximum Gasteiger partial charge on any atom is 0.235 e. The zero-order valence-electron chi connectivity index (χ0n) is 38.3. The van der Waals surface area contributed by atoms with Gasteiger partial charge in [0.05, 0.1) is 40.5 Å². The van der Waals surface area contributed by atoms with Crippen LogP contribution in [0.1, 0.15) is 59.3 Å². The highest BCUT2D eigenvalue weighted by Crippen LogP contribution is 2.46. The number of benzene rings is 8. The van der Waals surface area contributed by atoms with Crippen LogP contribution in [0.25, 0.3) is 21.5 Å². The zero-order valence-corrected chi connectivity index (χ0v) is 38.3. The quantitative estimate of drug-likeness (QED) is 0.0705. The molecule has 0 spiro atoms. The number of ether oxygens (including phenoxy) is 4. The van der Waals surface area contributed by atoms with Crippen LogP contribution in [-0.2, 0) is 20.8 Å². The number of hydrogen-bond donors (Lipinski definition) is 4. The highest BCUT2D eigenvalue weighted by molar-refractivity contribution is 6.04. The number of methoxy groups -OCH3 is 4. The first-order valence-corrected chi connectivity index (χ1v) is 22.0. The number of carbonyl (C=O) groups excluding carboxylic acids is 2. The van der Waals surface area contributed by atoms with Crippen LogP contribution < -0.4 is 29.6 Å². The van der Waals surface area contributed by atoms with Gasteiger partial charge in [0.1, 0.15) is 39.6 Å². The second-order valence-electron chi connectivity index (χ2n) is 17.1. The Hall–Kier alpha value is -7.66. The Labute approximate surface area is 390 Å². The number of nitrogens with one attached hydrogen (secondary N) is 2. The molecule has 8 rings (SSSR count). The fourth-order valence-corrected chi connectivity index (χ4v) is 8.74. The van der Waals surface area contributed by atoms with Gasteiger partial charge in [-0.05, 0) is 129 Å². The van der Waals surface area contributed by atoms with Gasteiger partial charge in [-0.2, -0.15) is 0 Å². The van der Waals surface area contributed by atoms with Crippen molar-refractivity contribution in [2.24, 2.45) is 5.41 Å². The van der Waals surface area contributed by atoms with E-state index in [9.17, 15) is 10.2 Å². The molecule has 0 radical (unpaired) electrons. The van der Waals surface area contributed by atoms with Crippen molar-refractivity contribution in [3.05, 3.63) is 215 Å². The molecule has 8 aromatic rings. The first-order chi connectivity index (χ1) is 32.3. The summed E-state index contributed by atoms with van der Waals surface area (Å²) in [6.45, 7) is 3.07.